The van der Waals surface area contributed by atoms with Crippen LogP contribution < -0.4 is 10.2 Å². The highest BCUT2D eigenvalue weighted by Crippen LogP contribution is 2.47. The minimum Gasteiger partial charge on any atom is -0.369 e. The standard InChI is InChI=1S/C33H29N7O/c1-39-15-17-40(18-16-39)20-9-10-27-28(19-20)37-32(36-27)26-8-4-7-25-29(26)21-5-2-3-6-22(21)30(25)38-33(41)24-12-14-35-31-23(24)11-13-34-31/h2-14,19,30H,15-18H2,1H3,(H,34,35)(H,36,37)(H,38,41)/t30-/m1/s1. The summed E-state index contributed by atoms with van der Waals surface area (Å²) in [5.41, 5.74) is 9.89. The molecule has 0 unspecified atom stereocenters. The quantitative estimate of drug-likeness (QED) is 0.281. The Morgan fingerprint density at radius 3 is 2.66 bits per heavy atom. The number of pyridine rings is 1. The highest BCUT2D eigenvalue weighted by Gasteiger charge is 2.32. The van der Waals surface area contributed by atoms with Gasteiger partial charge in [0.1, 0.15) is 11.5 Å². The number of nitrogens with zero attached hydrogens (tertiary/aromatic N) is 4. The van der Waals surface area contributed by atoms with Gasteiger partial charge in [0, 0.05) is 55.2 Å². The molecule has 41 heavy (non-hydrogen) atoms. The van der Waals surface area contributed by atoms with E-state index in [9.17, 15) is 4.79 Å². The van der Waals surface area contributed by atoms with E-state index in [0.717, 1.165) is 76.2 Å². The van der Waals surface area contributed by atoms with Crippen LogP contribution in [0.3, 0.4) is 0 Å². The number of hydrogen-bond acceptors (Lipinski definition) is 5. The van der Waals surface area contributed by atoms with Gasteiger partial charge in [-0.05, 0) is 59.6 Å². The second kappa shape index (κ2) is 9.31. The zero-order valence-electron chi connectivity index (χ0n) is 22.7. The summed E-state index contributed by atoms with van der Waals surface area (Å²) >= 11 is 0. The van der Waals surface area contributed by atoms with E-state index in [2.05, 4.69) is 91.7 Å². The number of aromatic amines is 2. The van der Waals surface area contributed by atoms with Gasteiger partial charge in [-0.25, -0.2) is 9.97 Å². The summed E-state index contributed by atoms with van der Waals surface area (Å²) in [6.45, 7) is 4.18. The molecule has 4 heterocycles. The van der Waals surface area contributed by atoms with Crippen LogP contribution in [0.15, 0.2) is 85.2 Å². The molecule has 2 aliphatic rings. The highest BCUT2D eigenvalue weighted by molar-refractivity contribution is 6.06. The number of carbonyl (C=O) groups excluding carboxylic acids is 1. The lowest BCUT2D eigenvalue weighted by Crippen LogP contribution is -2.44. The largest absolute Gasteiger partial charge is 0.369 e. The number of amides is 1. The first kappa shape index (κ1) is 23.9. The average Bonchev–Trinajstić information content (AvgIpc) is 3.73. The zero-order chi connectivity index (χ0) is 27.5. The molecule has 1 aliphatic heterocycles. The minimum atomic E-state index is -0.274. The summed E-state index contributed by atoms with van der Waals surface area (Å²) < 4.78 is 0. The van der Waals surface area contributed by atoms with Crippen molar-refractivity contribution in [1.29, 1.82) is 0 Å². The monoisotopic (exact) mass is 539 g/mol. The molecule has 8 nitrogen and oxygen atoms in total. The van der Waals surface area contributed by atoms with Crippen molar-refractivity contribution in [2.24, 2.45) is 0 Å². The number of hydrogen-bond donors (Lipinski definition) is 3. The van der Waals surface area contributed by atoms with E-state index in [1.807, 2.05) is 18.3 Å². The Kier molecular flexibility index (Phi) is 5.43. The van der Waals surface area contributed by atoms with Gasteiger partial charge < -0.3 is 25.1 Å². The molecule has 1 amide bonds. The molecule has 3 N–H and O–H groups in total. The number of imidazole rings is 1. The summed E-state index contributed by atoms with van der Waals surface area (Å²) in [5.74, 6) is 0.701. The number of carbonyl (C=O) groups is 1. The SMILES string of the molecule is CN1CCN(c2ccc3nc(-c4cccc5c4-c4ccccc4[C@H]5NC(=O)c4ccnc5[nH]ccc45)[nH]c3c2)CC1. The molecule has 8 heteroatoms. The number of anilines is 1. The van der Waals surface area contributed by atoms with Crippen LogP contribution in [0, 0.1) is 0 Å². The van der Waals surface area contributed by atoms with Crippen molar-refractivity contribution >= 4 is 33.7 Å². The van der Waals surface area contributed by atoms with Crippen molar-refractivity contribution in [3.63, 3.8) is 0 Å². The van der Waals surface area contributed by atoms with Crippen molar-refractivity contribution in [2.45, 2.75) is 6.04 Å². The number of rotatable bonds is 4. The van der Waals surface area contributed by atoms with Crippen LogP contribution in [-0.4, -0.2) is 64.0 Å². The molecule has 0 bridgehead atoms. The summed E-state index contributed by atoms with van der Waals surface area (Å²) in [6.07, 6.45) is 3.47. The van der Waals surface area contributed by atoms with E-state index in [1.54, 1.807) is 12.3 Å². The van der Waals surface area contributed by atoms with Crippen LogP contribution in [-0.2, 0) is 0 Å². The molecule has 0 radical (unpaired) electrons. The van der Waals surface area contributed by atoms with Crippen LogP contribution in [0.2, 0.25) is 0 Å². The van der Waals surface area contributed by atoms with Gasteiger partial charge in [-0.15, -0.1) is 0 Å². The Morgan fingerprint density at radius 1 is 0.927 bits per heavy atom. The van der Waals surface area contributed by atoms with Gasteiger partial charge in [0.05, 0.1) is 22.6 Å². The molecule has 6 aromatic rings. The molecular formula is C33H29N7O. The molecule has 1 aliphatic carbocycles. The highest BCUT2D eigenvalue weighted by atomic mass is 16.1. The van der Waals surface area contributed by atoms with Crippen molar-refractivity contribution < 1.29 is 4.79 Å². The smallest absolute Gasteiger partial charge is 0.252 e. The van der Waals surface area contributed by atoms with Gasteiger partial charge in [-0.2, -0.15) is 0 Å². The van der Waals surface area contributed by atoms with Gasteiger partial charge >= 0.3 is 0 Å². The molecule has 0 saturated carbocycles. The fourth-order valence-electron chi connectivity index (χ4n) is 6.36. The summed E-state index contributed by atoms with van der Waals surface area (Å²) in [6, 6.07) is 24.5. The van der Waals surface area contributed by atoms with Gasteiger partial charge in [0.25, 0.3) is 5.91 Å². The lowest BCUT2D eigenvalue weighted by molar-refractivity contribution is 0.0945. The topological polar surface area (TPSA) is 92.9 Å². The number of nitrogens with one attached hydrogen (secondary N) is 3. The Bertz CT molecular complexity index is 1950. The fraction of sp³-hybridized carbons (Fsp3) is 0.182. The van der Waals surface area contributed by atoms with Crippen LogP contribution >= 0.6 is 0 Å². The van der Waals surface area contributed by atoms with Crippen molar-refractivity contribution in [2.75, 3.05) is 38.1 Å². The third-order valence-corrected chi connectivity index (χ3v) is 8.52. The van der Waals surface area contributed by atoms with Crippen LogP contribution in [0.4, 0.5) is 5.69 Å². The number of H-pyrrole nitrogens is 2. The number of benzene rings is 3. The maximum atomic E-state index is 13.6. The molecule has 1 atom stereocenters. The van der Waals surface area contributed by atoms with Gasteiger partial charge in [-0.1, -0.05) is 42.5 Å². The van der Waals surface area contributed by atoms with Crippen molar-refractivity contribution in [3.8, 4) is 22.5 Å². The van der Waals surface area contributed by atoms with Crippen LogP contribution in [0.5, 0.6) is 0 Å². The molecule has 202 valence electrons. The molecule has 0 spiro atoms. The molecule has 1 fully saturated rings. The van der Waals surface area contributed by atoms with Gasteiger partial charge in [-0.3, -0.25) is 4.79 Å². The summed E-state index contributed by atoms with van der Waals surface area (Å²) in [7, 11) is 2.17. The molecule has 3 aromatic heterocycles. The first-order valence-electron chi connectivity index (χ1n) is 14.0. The van der Waals surface area contributed by atoms with E-state index in [-0.39, 0.29) is 11.9 Å². The van der Waals surface area contributed by atoms with Crippen LogP contribution in [0.25, 0.3) is 44.6 Å². The zero-order valence-corrected chi connectivity index (χ0v) is 22.7. The van der Waals surface area contributed by atoms with Crippen molar-refractivity contribution in [3.05, 3.63) is 102 Å². The lowest BCUT2D eigenvalue weighted by Gasteiger charge is -2.34. The van der Waals surface area contributed by atoms with Crippen molar-refractivity contribution in [1.82, 2.24) is 30.2 Å². The predicted octanol–water partition coefficient (Wildman–Crippen LogP) is 5.36. The molecular weight excluding hydrogens is 510 g/mol. The summed E-state index contributed by atoms with van der Waals surface area (Å²) in [5, 5.41) is 4.13. The minimum absolute atomic E-state index is 0.129. The van der Waals surface area contributed by atoms with Crippen LogP contribution in [0.1, 0.15) is 27.5 Å². The number of likely N-dealkylation sites (N-methyl/N-ethyl adjacent to an activating group) is 1. The fourth-order valence-corrected chi connectivity index (χ4v) is 6.36. The maximum absolute atomic E-state index is 13.6. The van der Waals surface area contributed by atoms with Gasteiger partial charge in [0.15, 0.2) is 0 Å². The van der Waals surface area contributed by atoms with E-state index in [0.29, 0.717) is 11.2 Å². The van der Waals surface area contributed by atoms with E-state index in [4.69, 9.17) is 4.98 Å². The Balaban J connectivity index is 1.18. The average molecular weight is 540 g/mol. The molecule has 1 saturated heterocycles. The second-order valence-electron chi connectivity index (χ2n) is 10.9. The van der Waals surface area contributed by atoms with E-state index < -0.39 is 0 Å². The predicted molar refractivity (Wildman–Crippen MR) is 162 cm³/mol. The van der Waals surface area contributed by atoms with Gasteiger partial charge in [0.2, 0.25) is 0 Å². The Hall–Kier alpha value is -4.95. The van der Waals surface area contributed by atoms with E-state index >= 15 is 0 Å². The lowest BCUT2D eigenvalue weighted by atomic mass is 9.98. The summed E-state index contributed by atoms with van der Waals surface area (Å²) in [4.78, 5) is 34.5. The first-order valence-corrected chi connectivity index (χ1v) is 14.0. The molecule has 8 rings (SSSR count). The normalized spacial score (nSPS) is 16.7. The third kappa shape index (κ3) is 3.90. The number of piperazine rings is 1. The first-order chi connectivity index (χ1) is 20.1. The maximum Gasteiger partial charge on any atom is 0.252 e. The third-order valence-electron chi connectivity index (χ3n) is 8.52. The Morgan fingerprint density at radius 2 is 1.76 bits per heavy atom. The number of fused-ring (bicyclic) bond motifs is 5. The molecule has 3 aromatic carbocycles. The Labute approximate surface area is 237 Å². The second-order valence-corrected chi connectivity index (χ2v) is 10.9. The number of aromatic nitrogens is 4. The van der Waals surface area contributed by atoms with E-state index in [1.165, 1.54) is 5.69 Å².